The highest BCUT2D eigenvalue weighted by atomic mass is 32.2. The van der Waals surface area contributed by atoms with Crippen LogP contribution in [0, 0.1) is 5.41 Å². The van der Waals surface area contributed by atoms with E-state index < -0.39 is 23.0 Å². The number of aromatic nitrogens is 1. The number of thioether (sulfide) groups is 1. The molecule has 0 unspecified atom stereocenters. The van der Waals surface area contributed by atoms with Gasteiger partial charge in [-0.25, -0.2) is 4.98 Å². The van der Waals surface area contributed by atoms with Crippen LogP contribution in [0.2, 0.25) is 0 Å². The average molecular weight is 391 g/mol. The predicted octanol–water partition coefficient (Wildman–Crippen LogP) is 2.98. The van der Waals surface area contributed by atoms with Gasteiger partial charge >= 0.3 is 11.9 Å². The third-order valence-electron chi connectivity index (χ3n) is 4.87. The predicted molar refractivity (Wildman–Crippen MR) is 97.1 cm³/mol. The Labute approximate surface area is 158 Å². The Balaban J connectivity index is 1.47. The van der Waals surface area contributed by atoms with Gasteiger partial charge in [-0.2, -0.15) is 0 Å². The second-order valence-corrected chi connectivity index (χ2v) is 9.21. The van der Waals surface area contributed by atoms with Crippen molar-refractivity contribution in [2.45, 2.75) is 42.7 Å². The Morgan fingerprint density at radius 3 is 2.81 bits per heavy atom. The van der Waals surface area contributed by atoms with Crippen LogP contribution in [0.25, 0.3) is 10.2 Å². The van der Waals surface area contributed by atoms with Crippen LogP contribution in [0.1, 0.15) is 26.7 Å². The summed E-state index contributed by atoms with van der Waals surface area (Å²) in [5, 5.41) is 0. The highest BCUT2D eigenvalue weighted by Gasteiger charge is 2.65. The van der Waals surface area contributed by atoms with Gasteiger partial charge in [0, 0.05) is 12.8 Å². The van der Waals surface area contributed by atoms with Gasteiger partial charge in [-0.3, -0.25) is 14.4 Å². The molecule has 0 amide bonds. The number of thiazole rings is 1. The largest absolute Gasteiger partial charge is 0.462 e. The Bertz CT molecular complexity index is 892. The smallest absolute Gasteiger partial charge is 0.324 e. The van der Waals surface area contributed by atoms with Crippen molar-refractivity contribution < 1.29 is 23.9 Å². The number of esters is 2. The lowest BCUT2D eigenvalue weighted by molar-refractivity contribution is -0.162. The first-order valence-electron chi connectivity index (χ1n) is 8.29. The molecule has 2 aromatic rings. The highest BCUT2D eigenvalue weighted by molar-refractivity contribution is 8.01. The number of hydrogen-bond acceptors (Lipinski definition) is 8. The van der Waals surface area contributed by atoms with Crippen LogP contribution < -0.4 is 0 Å². The summed E-state index contributed by atoms with van der Waals surface area (Å²) in [5.41, 5.74) is -1.73. The number of hydrogen-bond donors (Lipinski definition) is 0. The third-order valence-corrected chi connectivity index (χ3v) is 7.05. The van der Waals surface area contributed by atoms with Crippen molar-refractivity contribution in [3.63, 3.8) is 0 Å². The molecule has 26 heavy (non-hydrogen) atoms. The van der Waals surface area contributed by atoms with E-state index in [-0.39, 0.29) is 30.5 Å². The molecule has 136 valence electrons. The minimum Gasteiger partial charge on any atom is -0.462 e. The van der Waals surface area contributed by atoms with Crippen LogP contribution in [-0.4, -0.2) is 40.2 Å². The molecule has 4 rings (SSSR count). The maximum Gasteiger partial charge on any atom is 0.324 e. The van der Waals surface area contributed by atoms with E-state index >= 15 is 0 Å². The quantitative estimate of drug-likeness (QED) is 0.450. The molecule has 6 nitrogen and oxygen atoms in total. The molecule has 0 N–H and O–H groups in total. The molecule has 3 heterocycles. The molecule has 3 atom stereocenters. The van der Waals surface area contributed by atoms with E-state index in [4.69, 9.17) is 9.47 Å². The Morgan fingerprint density at radius 2 is 2.12 bits per heavy atom. The first kappa shape index (κ1) is 17.5. The molecule has 2 fully saturated rings. The zero-order valence-corrected chi connectivity index (χ0v) is 15.9. The van der Waals surface area contributed by atoms with Crippen LogP contribution in [-0.2, 0) is 23.9 Å². The van der Waals surface area contributed by atoms with Gasteiger partial charge in [0.05, 0.1) is 16.0 Å². The molecule has 0 radical (unpaired) electrons. The summed E-state index contributed by atoms with van der Waals surface area (Å²) < 4.78 is 12.4. The molecule has 1 aromatic heterocycles. The Morgan fingerprint density at radius 1 is 1.35 bits per heavy atom. The van der Waals surface area contributed by atoms with Crippen LogP contribution in [0.15, 0.2) is 28.6 Å². The number of rotatable bonds is 4. The fraction of sp³-hybridized carbons (Fsp3) is 0.444. The normalized spacial score (nSPS) is 30.8. The summed E-state index contributed by atoms with van der Waals surface area (Å²) in [4.78, 5) is 41.8. The van der Waals surface area contributed by atoms with E-state index in [1.54, 1.807) is 13.8 Å². The summed E-state index contributed by atoms with van der Waals surface area (Å²) in [6.45, 7) is 3.32. The van der Waals surface area contributed by atoms with Gasteiger partial charge in [0.1, 0.15) is 6.10 Å². The van der Waals surface area contributed by atoms with Gasteiger partial charge in [0.2, 0.25) is 0 Å². The minimum absolute atomic E-state index is 0.0429. The number of cyclic esters (lactones) is 2. The van der Waals surface area contributed by atoms with Crippen molar-refractivity contribution in [1.29, 1.82) is 0 Å². The van der Waals surface area contributed by atoms with E-state index in [0.717, 1.165) is 14.6 Å². The minimum atomic E-state index is -1.33. The van der Waals surface area contributed by atoms with Gasteiger partial charge in [0.25, 0.3) is 0 Å². The lowest BCUT2D eigenvalue weighted by atomic mass is 9.77. The summed E-state index contributed by atoms with van der Waals surface area (Å²) in [5.74, 6) is -1.32. The van der Waals surface area contributed by atoms with Crippen LogP contribution >= 0.6 is 23.1 Å². The number of ketones is 1. The Kier molecular flexibility index (Phi) is 4.07. The summed E-state index contributed by atoms with van der Waals surface area (Å²) in [7, 11) is 0. The van der Waals surface area contributed by atoms with Crippen molar-refractivity contribution in [1.82, 2.24) is 4.98 Å². The molecular weight excluding hydrogens is 374 g/mol. The van der Waals surface area contributed by atoms with E-state index in [2.05, 4.69) is 4.98 Å². The lowest BCUT2D eigenvalue weighted by Crippen LogP contribution is -2.37. The first-order chi connectivity index (χ1) is 12.3. The average Bonchev–Trinajstić information content (AvgIpc) is 3.20. The molecule has 2 saturated heterocycles. The summed E-state index contributed by atoms with van der Waals surface area (Å²) >= 11 is 2.84. The maximum absolute atomic E-state index is 12.8. The molecule has 2 aliphatic heterocycles. The molecule has 1 aromatic carbocycles. The van der Waals surface area contributed by atoms with Crippen LogP contribution in [0.4, 0.5) is 0 Å². The van der Waals surface area contributed by atoms with Gasteiger partial charge in [0.15, 0.2) is 21.1 Å². The van der Waals surface area contributed by atoms with Gasteiger partial charge in [-0.15, -0.1) is 11.3 Å². The number of Topliss-reactive ketones (excluding diaryl/α,β-unsaturated/α-hetero) is 1. The number of fused-ring (bicyclic) bond motifs is 1. The molecule has 8 heteroatoms. The van der Waals surface area contributed by atoms with E-state index in [0.29, 0.717) is 0 Å². The van der Waals surface area contributed by atoms with Gasteiger partial charge in [-0.1, -0.05) is 23.9 Å². The van der Waals surface area contributed by atoms with E-state index in [9.17, 15) is 14.4 Å². The van der Waals surface area contributed by atoms with Crippen molar-refractivity contribution in [3.8, 4) is 0 Å². The molecule has 2 aliphatic rings. The van der Waals surface area contributed by atoms with Gasteiger partial charge in [-0.05, 0) is 26.0 Å². The van der Waals surface area contributed by atoms with Crippen LogP contribution in [0.5, 0.6) is 0 Å². The zero-order chi connectivity index (χ0) is 18.5. The number of para-hydroxylation sites is 1. The summed E-state index contributed by atoms with van der Waals surface area (Å²) in [6, 6.07) is 7.77. The lowest BCUT2D eigenvalue weighted by Gasteiger charge is -2.20. The van der Waals surface area contributed by atoms with E-state index in [1.165, 1.54) is 23.1 Å². The third kappa shape index (κ3) is 2.72. The topological polar surface area (TPSA) is 82.6 Å². The number of ether oxygens (including phenoxy) is 2. The number of carbonyl (C=O) groups excluding carboxylic acids is 3. The monoisotopic (exact) mass is 391 g/mol. The molecular formula is C18H17NO5S2. The fourth-order valence-corrected chi connectivity index (χ4v) is 5.66. The van der Waals surface area contributed by atoms with Crippen molar-refractivity contribution >= 4 is 51.0 Å². The Hall–Kier alpha value is -1.93. The van der Waals surface area contributed by atoms with Gasteiger partial charge < -0.3 is 9.47 Å². The second kappa shape index (κ2) is 6.06. The first-order valence-corrected chi connectivity index (χ1v) is 10.1. The maximum atomic E-state index is 12.8. The molecule has 0 aliphatic carbocycles. The standard InChI is InChI=1S/C18H17NO5S2/c1-10-7-18(14(21)23-10)9-17(2,24-15(18)22)13(20)8-25-16-19-11-5-3-4-6-12(11)26-16/h3-6,10H,7-9H2,1-2H3/t10-,17+,18-/m1/s1. The molecule has 1 spiro atoms. The molecule has 0 saturated carbocycles. The number of carbonyl (C=O) groups is 3. The number of nitrogens with zero attached hydrogens (tertiary/aromatic N) is 1. The number of benzene rings is 1. The van der Waals surface area contributed by atoms with Crippen molar-refractivity contribution in [2.75, 3.05) is 5.75 Å². The SMILES string of the molecule is C[C@@H]1C[C@@]2(C[C@@](C)(C(=O)CSc3nc4ccccc4s3)OC2=O)C(=O)O1. The second-order valence-electron chi connectivity index (χ2n) is 6.96. The zero-order valence-electron chi connectivity index (χ0n) is 14.3. The fourth-order valence-electron chi connectivity index (χ4n) is 3.56. The van der Waals surface area contributed by atoms with E-state index in [1.807, 2.05) is 24.3 Å². The van der Waals surface area contributed by atoms with Crippen molar-refractivity contribution in [2.24, 2.45) is 5.41 Å². The van der Waals surface area contributed by atoms with Crippen LogP contribution in [0.3, 0.4) is 0 Å². The highest BCUT2D eigenvalue weighted by Crippen LogP contribution is 2.49. The summed E-state index contributed by atoms with van der Waals surface area (Å²) in [6.07, 6.45) is -0.0376. The molecule has 0 bridgehead atoms. The van der Waals surface area contributed by atoms with Crippen molar-refractivity contribution in [3.05, 3.63) is 24.3 Å².